The number of halogens is 1. The summed E-state index contributed by atoms with van der Waals surface area (Å²) in [5.41, 5.74) is 0.737. The Morgan fingerprint density at radius 2 is 2.27 bits per heavy atom. The fourth-order valence-corrected chi connectivity index (χ4v) is 1.78. The van der Waals surface area contributed by atoms with Gasteiger partial charge in [0.15, 0.2) is 5.78 Å². The van der Waals surface area contributed by atoms with Crippen molar-refractivity contribution in [2.45, 2.75) is 13.8 Å². The largest absolute Gasteiger partial charge is 0.493 e. The van der Waals surface area contributed by atoms with Gasteiger partial charge in [0.25, 0.3) is 0 Å². The summed E-state index contributed by atoms with van der Waals surface area (Å²) in [6, 6.07) is 5.29. The van der Waals surface area contributed by atoms with E-state index < -0.39 is 0 Å². The van der Waals surface area contributed by atoms with Crippen molar-refractivity contribution in [2.24, 2.45) is 0 Å². The van der Waals surface area contributed by atoms with Crippen LogP contribution in [0.5, 0.6) is 5.75 Å². The van der Waals surface area contributed by atoms with Gasteiger partial charge in [-0.2, -0.15) is 5.26 Å². The molecule has 0 fully saturated rings. The first-order valence-corrected chi connectivity index (χ1v) is 5.27. The lowest BCUT2D eigenvalue weighted by atomic mass is 10.1. The van der Waals surface area contributed by atoms with Gasteiger partial charge in [0.2, 0.25) is 0 Å². The van der Waals surface area contributed by atoms with Crippen LogP contribution in [0.2, 0.25) is 0 Å². The molecular formula is C11H10BrNO2. The SMILES string of the molecule is CCOc1ccc(C(C)=O)c(C#N)c1Br. The van der Waals surface area contributed by atoms with Crippen LogP contribution in [0.15, 0.2) is 16.6 Å². The topological polar surface area (TPSA) is 50.1 Å². The third-order valence-corrected chi connectivity index (χ3v) is 2.68. The molecule has 0 unspecified atom stereocenters. The van der Waals surface area contributed by atoms with E-state index in [4.69, 9.17) is 10.00 Å². The predicted molar refractivity (Wildman–Crippen MR) is 60.0 cm³/mol. The highest BCUT2D eigenvalue weighted by molar-refractivity contribution is 9.10. The van der Waals surface area contributed by atoms with Gasteiger partial charge in [-0.05, 0) is 41.9 Å². The molecule has 0 aromatic heterocycles. The number of nitrogens with zero attached hydrogens (tertiary/aromatic N) is 1. The molecule has 0 amide bonds. The van der Waals surface area contributed by atoms with Crippen LogP contribution in [0.1, 0.15) is 29.8 Å². The van der Waals surface area contributed by atoms with E-state index in [1.807, 2.05) is 13.0 Å². The van der Waals surface area contributed by atoms with E-state index in [0.29, 0.717) is 28.0 Å². The first-order chi connectivity index (χ1) is 7.11. The number of Topliss-reactive ketones (excluding diaryl/α,β-unsaturated/α-hetero) is 1. The van der Waals surface area contributed by atoms with Gasteiger partial charge in [0.1, 0.15) is 11.8 Å². The quantitative estimate of drug-likeness (QED) is 0.792. The Balaban J connectivity index is 3.34. The van der Waals surface area contributed by atoms with E-state index in [1.165, 1.54) is 6.92 Å². The van der Waals surface area contributed by atoms with E-state index in [-0.39, 0.29) is 5.78 Å². The Labute approximate surface area is 96.8 Å². The van der Waals surface area contributed by atoms with E-state index in [0.717, 1.165) is 0 Å². The molecule has 1 rings (SSSR count). The number of nitriles is 1. The third-order valence-electron chi connectivity index (χ3n) is 1.90. The normalized spacial score (nSPS) is 9.47. The Hall–Kier alpha value is -1.34. The van der Waals surface area contributed by atoms with E-state index in [2.05, 4.69) is 15.9 Å². The number of ether oxygens (including phenoxy) is 1. The van der Waals surface area contributed by atoms with Crippen molar-refractivity contribution >= 4 is 21.7 Å². The summed E-state index contributed by atoms with van der Waals surface area (Å²) >= 11 is 3.26. The van der Waals surface area contributed by atoms with Crippen molar-refractivity contribution in [1.29, 1.82) is 5.26 Å². The monoisotopic (exact) mass is 267 g/mol. The van der Waals surface area contributed by atoms with Crippen molar-refractivity contribution in [2.75, 3.05) is 6.61 Å². The Bertz CT molecular complexity index is 435. The number of rotatable bonds is 3. The Kier molecular flexibility index (Phi) is 3.87. The number of hydrogen-bond donors (Lipinski definition) is 0. The Morgan fingerprint density at radius 3 is 2.73 bits per heavy atom. The summed E-state index contributed by atoms with van der Waals surface area (Å²) in [4.78, 5) is 11.2. The minimum absolute atomic E-state index is 0.129. The van der Waals surface area contributed by atoms with Gasteiger partial charge in [-0.25, -0.2) is 0 Å². The fourth-order valence-electron chi connectivity index (χ4n) is 1.23. The molecule has 0 aliphatic carbocycles. The molecule has 0 heterocycles. The molecule has 0 bridgehead atoms. The number of ketones is 1. The molecule has 0 spiro atoms. The van der Waals surface area contributed by atoms with Gasteiger partial charge in [-0.15, -0.1) is 0 Å². The van der Waals surface area contributed by atoms with Gasteiger partial charge in [0, 0.05) is 5.56 Å². The van der Waals surface area contributed by atoms with Gasteiger partial charge in [-0.1, -0.05) is 0 Å². The highest BCUT2D eigenvalue weighted by atomic mass is 79.9. The maximum atomic E-state index is 11.2. The minimum atomic E-state index is -0.129. The van der Waals surface area contributed by atoms with Crippen LogP contribution in [0, 0.1) is 11.3 Å². The van der Waals surface area contributed by atoms with E-state index in [9.17, 15) is 4.79 Å². The van der Waals surface area contributed by atoms with Crippen LogP contribution in [-0.4, -0.2) is 12.4 Å². The number of carbonyl (C=O) groups excluding carboxylic acids is 1. The fraction of sp³-hybridized carbons (Fsp3) is 0.273. The number of carbonyl (C=O) groups is 1. The zero-order valence-electron chi connectivity index (χ0n) is 8.50. The van der Waals surface area contributed by atoms with Gasteiger partial charge in [-0.3, -0.25) is 4.79 Å². The second-order valence-electron chi connectivity index (χ2n) is 2.90. The lowest BCUT2D eigenvalue weighted by molar-refractivity contribution is 0.101. The van der Waals surface area contributed by atoms with Gasteiger partial charge in [0.05, 0.1) is 16.6 Å². The van der Waals surface area contributed by atoms with Crippen molar-refractivity contribution in [3.8, 4) is 11.8 Å². The summed E-state index contributed by atoms with van der Waals surface area (Å²) in [5, 5.41) is 8.95. The summed E-state index contributed by atoms with van der Waals surface area (Å²) in [5.74, 6) is 0.453. The summed E-state index contributed by atoms with van der Waals surface area (Å²) in [6.07, 6.45) is 0. The molecule has 0 atom stereocenters. The summed E-state index contributed by atoms with van der Waals surface area (Å²) in [6.45, 7) is 3.81. The maximum absolute atomic E-state index is 11.2. The molecule has 0 radical (unpaired) electrons. The van der Waals surface area contributed by atoms with Gasteiger partial charge >= 0.3 is 0 Å². The van der Waals surface area contributed by atoms with Crippen LogP contribution in [0.25, 0.3) is 0 Å². The Morgan fingerprint density at radius 1 is 1.60 bits per heavy atom. The predicted octanol–water partition coefficient (Wildman–Crippen LogP) is 2.92. The van der Waals surface area contributed by atoms with Crippen LogP contribution in [0.4, 0.5) is 0 Å². The van der Waals surface area contributed by atoms with Crippen molar-refractivity contribution in [3.63, 3.8) is 0 Å². The molecule has 1 aromatic carbocycles. The van der Waals surface area contributed by atoms with Crippen molar-refractivity contribution in [1.82, 2.24) is 0 Å². The molecule has 0 saturated heterocycles. The lowest BCUT2D eigenvalue weighted by Gasteiger charge is -2.08. The van der Waals surface area contributed by atoms with Crippen LogP contribution in [-0.2, 0) is 0 Å². The molecule has 0 aliphatic rings. The molecule has 0 saturated carbocycles. The highest BCUT2D eigenvalue weighted by Gasteiger charge is 2.14. The number of hydrogen-bond acceptors (Lipinski definition) is 3. The number of benzene rings is 1. The standard InChI is InChI=1S/C11H10BrNO2/c1-3-15-10-5-4-8(7(2)14)9(6-13)11(10)12/h4-5H,3H2,1-2H3. The van der Waals surface area contributed by atoms with Crippen molar-refractivity contribution < 1.29 is 9.53 Å². The molecule has 1 aromatic rings. The molecule has 3 nitrogen and oxygen atoms in total. The second-order valence-corrected chi connectivity index (χ2v) is 3.69. The highest BCUT2D eigenvalue weighted by Crippen LogP contribution is 2.31. The van der Waals surface area contributed by atoms with Crippen LogP contribution >= 0.6 is 15.9 Å². The van der Waals surface area contributed by atoms with Crippen molar-refractivity contribution in [3.05, 3.63) is 27.7 Å². The molecule has 0 N–H and O–H groups in total. The zero-order valence-corrected chi connectivity index (χ0v) is 10.1. The van der Waals surface area contributed by atoms with E-state index >= 15 is 0 Å². The second kappa shape index (κ2) is 4.94. The summed E-state index contributed by atoms with van der Waals surface area (Å²) < 4.78 is 5.85. The first kappa shape index (κ1) is 11.7. The molecular weight excluding hydrogens is 258 g/mol. The third kappa shape index (κ3) is 2.37. The molecule has 4 heteroatoms. The zero-order chi connectivity index (χ0) is 11.4. The average Bonchev–Trinajstić information content (AvgIpc) is 2.20. The molecule has 0 aliphatic heterocycles. The molecule has 78 valence electrons. The molecule has 15 heavy (non-hydrogen) atoms. The van der Waals surface area contributed by atoms with Crippen LogP contribution in [0.3, 0.4) is 0 Å². The first-order valence-electron chi connectivity index (χ1n) is 4.48. The smallest absolute Gasteiger partial charge is 0.161 e. The maximum Gasteiger partial charge on any atom is 0.161 e. The van der Waals surface area contributed by atoms with Gasteiger partial charge < -0.3 is 4.74 Å². The average molecular weight is 268 g/mol. The van der Waals surface area contributed by atoms with Crippen LogP contribution < -0.4 is 4.74 Å². The lowest BCUT2D eigenvalue weighted by Crippen LogP contribution is -2.00. The minimum Gasteiger partial charge on any atom is -0.493 e. The van der Waals surface area contributed by atoms with E-state index in [1.54, 1.807) is 12.1 Å². The summed E-state index contributed by atoms with van der Waals surface area (Å²) in [7, 11) is 0.